The number of benzene rings is 2. The van der Waals surface area contributed by atoms with Gasteiger partial charge >= 0.3 is 12.1 Å². The maximum atomic E-state index is 12.7. The summed E-state index contributed by atoms with van der Waals surface area (Å²) in [5.41, 5.74) is 1.71. The predicted molar refractivity (Wildman–Crippen MR) is 121 cm³/mol. The van der Waals surface area contributed by atoms with Gasteiger partial charge in [0.05, 0.1) is 11.5 Å². The van der Waals surface area contributed by atoms with Crippen molar-refractivity contribution in [3.63, 3.8) is 0 Å². The third kappa shape index (κ3) is 5.62. The van der Waals surface area contributed by atoms with Crippen LogP contribution in [-0.4, -0.2) is 36.4 Å². The Morgan fingerprint density at radius 2 is 1.56 bits per heavy atom. The van der Waals surface area contributed by atoms with Crippen LogP contribution in [0.1, 0.15) is 28.8 Å². The molecule has 2 aromatic carbocycles. The lowest BCUT2D eigenvalue weighted by molar-refractivity contribution is -0.148. The fraction of sp³-hybridized carbons (Fsp3) is 0.269. The zero-order chi connectivity index (χ0) is 24.1. The first-order valence-corrected chi connectivity index (χ1v) is 10.9. The van der Waals surface area contributed by atoms with E-state index in [1.807, 2.05) is 47.4 Å². The topological polar surface area (TPSA) is 59.5 Å². The molecule has 3 aromatic rings. The zero-order valence-electron chi connectivity index (χ0n) is 18.3. The Kier molecular flexibility index (Phi) is 6.95. The van der Waals surface area contributed by atoms with Crippen LogP contribution < -0.4 is 4.90 Å². The molecule has 34 heavy (non-hydrogen) atoms. The molecule has 0 N–H and O–H groups in total. The molecule has 1 fully saturated rings. The van der Waals surface area contributed by atoms with Gasteiger partial charge in [-0.2, -0.15) is 13.2 Å². The lowest BCUT2D eigenvalue weighted by atomic mass is 9.97. The second kappa shape index (κ2) is 10.1. The Morgan fingerprint density at radius 1 is 0.912 bits per heavy atom. The van der Waals surface area contributed by atoms with Gasteiger partial charge in [0.2, 0.25) is 0 Å². The first kappa shape index (κ1) is 23.5. The van der Waals surface area contributed by atoms with Crippen molar-refractivity contribution in [1.29, 1.82) is 0 Å². The Hall–Kier alpha value is -3.68. The number of alkyl halides is 3. The summed E-state index contributed by atoms with van der Waals surface area (Å²) in [6.07, 6.45) is -2.67. The molecule has 0 bridgehead atoms. The maximum Gasteiger partial charge on any atom is 0.417 e. The van der Waals surface area contributed by atoms with Gasteiger partial charge in [-0.1, -0.05) is 54.6 Å². The largest absolute Gasteiger partial charge is 0.457 e. The van der Waals surface area contributed by atoms with Crippen molar-refractivity contribution >= 4 is 17.6 Å². The molecule has 0 amide bonds. The number of ketones is 1. The number of esters is 1. The second-order valence-corrected chi connectivity index (χ2v) is 8.14. The van der Waals surface area contributed by atoms with Gasteiger partial charge in [0, 0.05) is 24.8 Å². The van der Waals surface area contributed by atoms with Crippen molar-refractivity contribution in [3.05, 3.63) is 84.1 Å². The fourth-order valence-electron chi connectivity index (χ4n) is 3.90. The lowest BCUT2D eigenvalue weighted by Gasteiger charge is -2.31. The molecule has 1 aliphatic rings. The van der Waals surface area contributed by atoms with Crippen LogP contribution >= 0.6 is 0 Å². The summed E-state index contributed by atoms with van der Waals surface area (Å²) < 4.78 is 43.4. The van der Waals surface area contributed by atoms with Crippen LogP contribution in [0.15, 0.2) is 72.9 Å². The van der Waals surface area contributed by atoms with E-state index in [1.54, 1.807) is 12.1 Å². The summed E-state index contributed by atoms with van der Waals surface area (Å²) in [6, 6.07) is 19.3. The van der Waals surface area contributed by atoms with E-state index in [9.17, 15) is 22.8 Å². The van der Waals surface area contributed by atoms with E-state index in [4.69, 9.17) is 4.74 Å². The standard InChI is InChI=1S/C26H23F3N2O3/c27-26(28,29)22-10-11-24(30-16-22)31-14-12-21(13-15-31)25(33)34-17-23(32)20-8-6-19(7-9-20)18-4-2-1-3-5-18/h1-11,16,21H,12-15,17H2. The molecule has 0 unspecified atom stereocenters. The van der Waals surface area contributed by atoms with Crippen LogP contribution in [0.2, 0.25) is 0 Å². The van der Waals surface area contributed by atoms with E-state index < -0.39 is 17.7 Å². The third-order valence-corrected chi connectivity index (χ3v) is 5.89. The number of pyridine rings is 1. The van der Waals surface area contributed by atoms with E-state index in [1.165, 1.54) is 6.07 Å². The highest BCUT2D eigenvalue weighted by Crippen LogP contribution is 2.30. The van der Waals surface area contributed by atoms with Crippen molar-refractivity contribution < 1.29 is 27.5 Å². The van der Waals surface area contributed by atoms with Crippen molar-refractivity contribution in [2.45, 2.75) is 19.0 Å². The number of hydrogen-bond donors (Lipinski definition) is 0. The number of carbonyl (C=O) groups is 2. The Morgan fingerprint density at radius 3 is 2.15 bits per heavy atom. The number of carbonyl (C=O) groups excluding carboxylic acids is 2. The Labute approximate surface area is 195 Å². The molecule has 1 aromatic heterocycles. The summed E-state index contributed by atoms with van der Waals surface area (Å²) in [5.74, 6) is -0.637. The molecule has 0 aliphatic carbocycles. The number of ether oxygens (including phenoxy) is 1. The average Bonchev–Trinajstić information content (AvgIpc) is 2.87. The highest BCUT2D eigenvalue weighted by Gasteiger charge is 2.31. The molecule has 0 saturated carbocycles. The fourth-order valence-corrected chi connectivity index (χ4v) is 3.90. The average molecular weight is 468 g/mol. The second-order valence-electron chi connectivity index (χ2n) is 8.14. The molecule has 2 heterocycles. The monoisotopic (exact) mass is 468 g/mol. The molecule has 0 spiro atoms. The maximum absolute atomic E-state index is 12.7. The van der Waals surface area contributed by atoms with Crippen molar-refractivity contribution in [2.75, 3.05) is 24.6 Å². The molecule has 5 nitrogen and oxygen atoms in total. The number of rotatable bonds is 6. The minimum absolute atomic E-state index is 0.278. The van der Waals surface area contributed by atoms with Gasteiger partial charge in [-0.25, -0.2) is 4.98 Å². The normalized spacial score (nSPS) is 14.6. The number of aromatic nitrogens is 1. The predicted octanol–water partition coefficient (Wildman–Crippen LogP) is 5.41. The molecular weight excluding hydrogens is 445 g/mol. The van der Waals surface area contributed by atoms with Crippen molar-refractivity contribution in [2.24, 2.45) is 5.92 Å². The summed E-state index contributed by atoms with van der Waals surface area (Å²) >= 11 is 0. The number of nitrogens with zero attached hydrogens (tertiary/aromatic N) is 2. The van der Waals surface area contributed by atoms with Crippen LogP contribution in [0.3, 0.4) is 0 Å². The number of halogens is 3. The van der Waals surface area contributed by atoms with Gasteiger partial charge in [-0.3, -0.25) is 9.59 Å². The number of hydrogen-bond acceptors (Lipinski definition) is 5. The number of anilines is 1. The Balaban J connectivity index is 1.25. The molecule has 0 atom stereocenters. The SMILES string of the molecule is O=C(COC(=O)C1CCN(c2ccc(C(F)(F)F)cn2)CC1)c1ccc(-c2ccccc2)cc1. The summed E-state index contributed by atoms with van der Waals surface area (Å²) in [4.78, 5) is 30.6. The van der Waals surface area contributed by atoms with Gasteiger partial charge < -0.3 is 9.64 Å². The van der Waals surface area contributed by atoms with E-state index in [2.05, 4.69) is 4.98 Å². The first-order valence-electron chi connectivity index (χ1n) is 10.9. The molecule has 1 saturated heterocycles. The van der Waals surface area contributed by atoms with Gasteiger partial charge in [-0.05, 0) is 36.1 Å². The highest BCUT2D eigenvalue weighted by molar-refractivity contribution is 5.98. The van der Waals surface area contributed by atoms with Gasteiger partial charge in [0.25, 0.3) is 0 Å². The Bertz CT molecular complexity index is 1120. The molecule has 8 heteroatoms. The van der Waals surface area contributed by atoms with Crippen LogP contribution in [0.25, 0.3) is 11.1 Å². The molecule has 1 aliphatic heterocycles. The van der Waals surface area contributed by atoms with Crippen molar-refractivity contribution in [3.8, 4) is 11.1 Å². The summed E-state index contributed by atoms with van der Waals surface area (Å²) in [7, 11) is 0. The van der Waals surface area contributed by atoms with Crippen LogP contribution in [0.5, 0.6) is 0 Å². The van der Waals surface area contributed by atoms with Gasteiger partial charge in [-0.15, -0.1) is 0 Å². The van der Waals surface area contributed by atoms with Crippen LogP contribution in [0, 0.1) is 5.92 Å². The van der Waals surface area contributed by atoms with Crippen LogP contribution in [0.4, 0.5) is 19.0 Å². The van der Waals surface area contributed by atoms with Gasteiger partial charge in [0.1, 0.15) is 5.82 Å². The van der Waals surface area contributed by atoms with Gasteiger partial charge in [0.15, 0.2) is 12.4 Å². The summed E-state index contributed by atoms with van der Waals surface area (Å²) in [6.45, 7) is 0.601. The van der Waals surface area contributed by atoms with E-state index in [0.717, 1.165) is 23.4 Å². The van der Waals surface area contributed by atoms with Crippen LogP contribution in [-0.2, 0) is 15.7 Å². The van der Waals surface area contributed by atoms with E-state index >= 15 is 0 Å². The number of Topliss-reactive ketones (excluding diaryl/α,β-unsaturated/α-hetero) is 1. The van der Waals surface area contributed by atoms with Crippen molar-refractivity contribution in [1.82, 2.24) is 4.98 Å². The first-order chi connectivity index (χ1) is 16.3. The number of piperidine rings is 1. The minimum Gasteiger partial charge on any atom is -0.457 e. The third-order valence-electron chi connectivity index (χ3n) is 5.89. The summed E-state index contributed by atoms with van der Waals surface area (Å²) in [5, 5.41) is 0. The molecular formula is C26H23F3N2O3. The minimum atomic E-state index is -4.43. The quantitative estimate of drug-likeness (QED) is 0.358. The molecule has 176 valence electrons. The lowest BCUT2D eigenvalue weighted by Crippen LogP contribution is -2.37. The van der Waals surface area contributed by atoms with E-state index in [0.29, 0.717) is 37.3 Å². The molecule has 0 radical (unpaired) electrons. The highest BCUT2D eigenvalue weighted by atomic mass is 19.4. The smallest absolute Gasteiger partial charge is 0.417 e. The van der Waals surface area contributed by atoms with E-state index in [-0.39, 0.29) is 18.3 Å². The molecule has 4 rings (SSSR count). The zero-order valence-corrected chi connectivity index (χ0v) is 18.3.